The molecule has 1 saturated heterocycles. The number of hydrogen-bond acceptors (Lipinski definition) is 3. The molecule has 1 heterocycles. The molecule has 1 aliphatic heterocycles. The molecule has 2 fully saturated rings. The van der Waals surface area contributed by atoms with Crippen molar-refractivity contribution in [1.82, 2.24) is 4.90 Å². The summed E-state index contributed by atoms with van der Waals surface area (Å²) in [5.74, 6) is 1.51. The van der Waals surface area contributed by atoms with Gasteiger partial charge in [0.2, 0.25) is 0 Å². The Hall–Kier alpha value is -0.410. The molecule has 3 nitrogen and oxygen atoms in total. The number of methoxy groups -OCH3 is 1. The Bertz CT molecular complexity index is 242. The van der Waals surface area contributed by atoms with Gasteiger partial charge < -0.3 is 9.64 Å². The molecule has 0 aromatic rings. The second-order valence-electron chi connectivity index (χ2n) is 5.28. The highest BCUT2D eigenvalue weighted by molar-refractivity contribution is 5.81. The molecule has 0 radical (unpaired) electrons. The molecular weight excluding hydrogens is 202 g/mol. The molecule has 2 atom stereocenters. The first-order chi connectivity index (χ1) is 7.79. The number of ketones is 1. The standard InChI is InChI=1S/C13H23NO2/c1-16-10-11-6-7-14(8-11)9-12-4-2-3-5-13(12)15/h11-12H,2-10H2,1H3. The molecule has 2 unspecified atom stereocenters. The van der Waals surface area contributed by atoms with Gasteiger partial charge in [0.25, 0.3) is 0 Å². The van der Waals surface area contributed by atoms with Crippen molar-refractivity contribution in [1.29, 1.82) is 0 Å². The van der Waals surface area contributed by atoms with E-state index in [9.17, 15) is 4.79 Å². The van der Waals surface area contributed by atoms with Crippen LogP contribution >= 0.6 is 0 Å². The molecule has 0 amide bonds. The molecule has 1 saturated carbocycles. The Labute approximate surface area is 98.1 Å². The van der Waals surface area contributed by atoms with E-state index in [4.69, 9.17) is 4.74 Å². The minimum atomic E-state index is 0.329. The summed E-state index contributed by atoms with van der Waals surface area (Å²) in [6.07, 6.45) is 5.52. The zero-order valence-electron chi connectivity index (χ0n) is 10.3. The van der Waals surface area contributed by atoms with Crippen LogP contribution in [0.2, 0.25) is 0 Å². The van der Waals surface area contributed by atoms with Gasteiger partial charge in [-0.2, -0.15) is 0 Å². The topological polar surface area (TPSA) is 29.5 Å². The average molecular weight is 225 g/mol. The van der Waals surface area contributed by atoms with Gasteiger partial charge in [0, 0.05) is 32.5 Å². The van der Waals surface area contributed by atoms with Crippen molar-refractivity contribution in [3.8, 4) is 0 Å². The lowest BCUT2D eigenvalue weighted by Gasteiger charge is -2.25. The maximum Gasteiger partial charge on any atom is 0.137 e. The summed E-state index contributed by atoms with van der Waals surface area (Å²) in [5, 5.41) is 0. The fourth-order valence-corrected chi connectivity index (χ4v) is 3.01. The minimum absolute atomic E-state index is 0.329. The number of nitrogens with zero attached hydrogens (tertiary/aromatic N) is 1. The molecule has 0 aromatic carbocycles. The molecule has 3 heteroatoms. The van der Waals surface area contributed by atoms with Crippen LogP contribution in [-0.2, 0) is 9.53 Å². The predicted octanol–water partition coefficient (Wildman–Crippen LogP) is 1.71. The first-order valence-corrected chi connectivity index (χ1v) is 6.53. The molecule has 2 rings (SSSR count). The summed E-state index contributed by atoms with van der Waals surface area (Å²) in [7, 11) is 1.77. The molecule has 1 aliphatic carbocycles. The van der Waals surface area contributed by atoms with Gasteiger partial charge in [0.1, 0.15) is 5.78 Å². The molecule has 0 N–H and O–H groups in total. The quantitative estimate of drug-likeness (QED) is 0.729. The zero-order chi connectivity index (χ0) is 11.4. The molecule has 0 spiro atoms. The van der Waals surface area contributed by atoms with E-state index in [2.05, 4.69) is 4.90 Å². The van der Waals surface area contributed by atoms with Crippen molar-refractivity contribution in [2.24, 2.45) is 11.8 Å². The molecule has 0 aromatic heterocycles. The third-order valence-corrected chi connectivity index (χ3v) is 3.93. The largest absolute Gasteiger partial charge is 0.384 e. The molecule has 0 bridgehead atoms. The van der Waals surface area contributed by atoms with E-state index in [1.807, 2.05) is 0 Å². The van der Waals surface area contributed by atoms with E-state index < -0.39 is 0 Å². The van der Waals surface area contributed by atoms with E-state index in [1.165, 1.54) is 12.8 Å². The van der Waals surface area contributed by atoms with Gasteiger partial charge >= 0.3 is 0 Å². The van der Waals surface area contributed by atoms with Crippen molar-refractivity contribution >= 4 is 5.78 Å². The smallest absolute Gasteiger partial charge is 0.137 e. The maximum atomic E-state index is 11.7. The predicted molar refractivity (Wildman–Crippen MR) is 63.4 cm³/mol. The molecular formula is C13H23NO2. The lowest BCUT2D eigenvalue weighted by molar-refractivity contribution is -0.125. The van der Waals surface area contributed by atoms with Crippen molar-refractivity contribution in [3.63, 3.8) is 0 Å². The van der Waals surface area contributed by atoms with Gasteiger partial charge in [0.05, 0.1) is 6.61 Å². The highest BCUT2D eigenvalue weighted by atomic mass is 16.5. The van der Waals surface area contributed by atoms with Gasteiger partial charge in [-0.05, 0) is 31.7 Å². The molecule has 16 heavy (non-hydrogen) atoms. The van der Waals surface area contributed by atoms with Gasteiger partial charge in [-0.1, -0.05) is 6.42 Å². The summed E-state index contributed by atoms with van der Waals surface area (Å²) in [4.78, 5) is 14.2. The first kappa shape index (κ1) is 12.1. The lowest BCUT2D eigenvalue weighted by Crippen LogP contribution is -2.33. The molecule has 2 aliphatic rings. The summed E-state index contributed by atoms with van der Waals surface area (Å²) in [5.41, 5.74) is 0. The van der Waals surface area contributed by atoms with Crippen molar-refractivity contribution in [2.75, 3.05) is 33.4 Å². The van der Waals surface area contributed by atoms with Gasteiger partial charge in [-0.3, -0.25) is 4.79 Å². The fraction of sp³-hybridized carbons (Fsp3) is 0.923. The number of carbonyl (C=O) groups is 1. The Kier molecular flexibility index (Phi) is 4.36. The minimum Gasteiger partial charge on any atom is -0.384 e. The van der Waals surface area contributed by atoms with Gasteiger partial charge in [-0.25, -0.2) is 0 Å². The number of rotatable bonds is 4. The Morgan fingerprint density at radius 1 is 1.38 bits per heavy atom. The van der Waals surface area contributed by atoms with E-state index in [0.717, 1.165) is 45.5 Å². The number of ether oxygens (including phenoxy) is 1. The second kappa shape index (κ2) is 5.78. The van der Waals surface area contributed by atoms with Crippen molar-refractivity contribution < 1.29 is 9.53 Å². The monoisotopic (exact) mass is 225 g/mol. The highest BCUT2D eigenvalue weighted by Crippen LogP contribution is 2.24. The van der Waals surface area contributed by atoms with Crippen LogP contribution in [0.4, 0.5) is 0 Å². The van der Waals surface area contributed by atoms with Crippen LogP contribution in [0.3, 0.4) is 0 Å². The van der Waals surface area contributed by atoms with E-state index in [0.29, 0.717) is 17.6 Å². The number of Topliss-reactive ketones (excluding diaryl/α,β-unsaturated/α-hetero) is 1. The summed E-state index contributed by atoms with van der Waals surface area (Å²) < 4.78 is 5.19. The van der Waals surface area contributed by atoms with E-state index in [1.54, 1.807) is 7.11 Å². The first-order valence-electron chi connectivity index (χ1n) is 6.53. The summed E-state index contributed by atoms with van der Waals surface area (Å²) in [6.45, 7) is 4.14. The fourth-order valence-electron chi connectivity index (χ4n) is 3.01. The van der Waals surface area contributed by atoms with Crippen LogP contribution in [0.1, 0.15) is 32.1 Å². The third kappa shape index (κ3) is 3.05. The lowest BCUT2D eigenvalue weighted by atomic mass is 9.87. The Balaban J connectivity index is 1.75. The molecule has 92 valence electrons. The van der Waals surface area contributed by atoms with Gasteiger partial charge in [0.15, 0.2) is 0 Å². The SMILES string of the molecule is COCC1CCN(CC2CCCCC2=O)C1. The van der Waals surface area contributed by atoms with Crippen molar-refractivity contribution in [2.45, 2.75) is 32.1 Å². The van der Waals surface area contributed by atoms with Crippen LogP contribution in [0.25, 0.3) is 0 Å². The number of hydrogen-bond donors (Lipinski definition) is 0. The number of carbonyl (C=O) groups excluding carboxylic acids is 1. The van der Waals surface area contributed by atoms with Crippen LogP contribution < -0.4 is 0 Å². The van der Waals surface area contributed by atoms with E-state index >= 15 is 0 Å². The average Bonchev–Trinajstić information content (AvgIpc) is 2.70. The number of likely N-dealkylation sites (tertiary alicyclic amines) is 1. The van der Waals surface area contributed by atoms with Crippen LogP contribution in [0, 0.1) is 11.8 Å². The van der Waals surface area contributed by atoms with Crippen LogP contribution in [0.5, 0.6) is 0 Å². The Morgan fingerprint density at radius 3 is 3.00 bits per heavy atom. The second-order valence-corrected chi connectivity index (χ2v) is 5.28. The maximum absolute atomic E-state index is 11.7. The summed E-state index contributed by atoms with van der Waals surface area (Å²) >= 11 is 0. The van der Waals surface area contributed by atoms with Gasteiger partial charge in [-0.15, -0.1) is 0 Å². The highest BCUT2D eigenvalue weighted by Gasteiger charge is 2.28. The Morgan fingerprint density at radius 2 is 2.25 bits per heavy atom. The zero-order valence-corrected chi connectivity index (χ0v) is 10.3. The normalized spacial score (nSPS) is 32.2. The van der Waals surface area contributed by atoms with Crippen molar-refractivity contribution in [3.05, 3.63) is 0 Å². The third-order valence-electron chi connectivity index (χ3n) is 3.93. The van der Waals surface area contributed by atoms with Crippen LogP contribution in [0.15, 0.2) is 0 Å². The summed E-state index contributed by atoms with van der Waals surface area (Å²) in [6, 6.07) is 0. The van der Waals surface area contributed by atoms with Crippen LogP contribution in [-0.4, -0.2) is 44.0 Å². The van der Waals surface area contributed by atoms with E-state index in [-0.39, 0.29) is 0 Å².